The van der Waals surface area contributed by atoms with Gasteiger partial charge in [-0.1, -0.05) is 5.16 Å². The Kier molecular flexibility index (Phi) is 5.28. The van der Waals surface area contributed by atoms with E-state index in [2.05, 4.69) is 10.1 Å². The largest absolute Gasteiger partial charge is 0.391 e. The molecule has 0 radical (unpaired) electrons. The van der Waals surface area contributed by atoms with Gasteiger partial charge in [0, 0.05) is 19.0 Å². The lowest BCUT2D eigenvalue weighted by Gasteiger charge is -2.19. The molecule has 0 aliphatic heterocycles. The highest BCUT2D eigenvalue weighted by Crippen LogP contribution is 2.26. The van der Waals surface area contributed by atoms with Gasteiger partial charge in [-0.3, -0.25) is 4.79 Å². The van der Waals surface area contributed by atoms with Crippen LogP contribution in [0.15, 0.2) is 4.52 Å². The van der Waals surface area contributed by atoms with Crippen LogP contribution in [0.2, 0.25) is 0 Å². The fraction of sp³-hybridized carbons (Fsp3) is 0.727. The number of rotatable bonds is 3. The molecule has 1 heterocycles. The van der Waals surface area contributed by atoms with Crippen molar-refractivity contribution in [2.24, 2.45) is 11.7 Å². The van der Waals surface area contributed by atoms with Crippen LogP contribution < -0.4 is 5.73 Å². The predicted molar refractivity (Wildman–Crippen MR) is 69.5 cm³/mol. The maximum atomic E-state index is 12.1. The monoisotopic (exact) mass is 290 g/mol. The molecule has 108 valence electrons. The minimum atomic E-state index is -0.585. The number of nitrogens with zero attached hydrogens (tertiary/aromatic N) is 3. The molecule has 0 bridgehead atoms. The van der Waals surface area contributed by atoms with E-state index in [1.54, 1.807) is 14.0 Å². The maximum absolute atomic E-state index is 12.1. The molecule has 1 aromatic rings. The predicted octanol–water partition coefficient (Wildman–Crippen LogP) is -0.144. The summed E-state index contributed by atoms with van der Waals surface area (Å²) < 4.78 is 4.96. The summed E-state index contributed by atoms with van der Waals surface area (Å²) in [6.45, 7) is 2.00. The summed E-state index contributed by atoms with van der Waals surface area (Å²) in [6.07, 6.45) is 0.360. The normalized spacial score (nSPS) is 26.0. The molecular weight excluding hydrogens is 272 g/mol. The SMILES string of the molecule is Cc1noc(CN(C)C(=O)[C@H]2C[C@@H](N)[C@H](O)C2)n1.Cl. The Morgan fingerprint density at radius 3 is 2.74 bits per heavy atom. The van der Waals surface area contributed by atoms with E-state index in [-0.39, 0.29) is 36.8 Å². The number of halogens is 1. The van der Waals surface area contributed by atoms with Crippen LogP contribution in [0.5, 0.6) is 0 Å². The van der Waals surface area contributed by atoms with Gasteiger partial charge in [-0.15, -0.1) is 12.4 Å². The second kappa shape index (κ2) is 6.31. The summed E-state index contributed by atoms with van der Waals surface area (Å²) in [5, 5.41) is 13.2. The van der Waals surface area contributed by atoms with Crippen LogP contribution in [0.25, 0.3) is 0 Å². The lowest BCUT2D eigenvalue weighted by atomic mass is 10.1. The lowest BCUT2D eigenvalue weighted by Crippen LogP contribution is -2.32. The Balaban J connectivity index is 0.00000180. The third kappa shape index (κ3) is 3.65. The third-order valence-corrected chi connectivity index (χ3v) is 3.24. The molecule has 3 N–H and O–H groups in total. The van der Waals surface area contributed by atoms with Crippen molar-refractivity contribution >= 4 is 18.3 Å². The number of carbonyl (C=O) groups excluding carboxylic acids is 1. The summed E-state index contributed by atoms with van der Waals surface area (Å²) >= 11 is 0. The molecule has 0 unspecified atom stereocenters. The number of aryl methyl sites for hydroxylation is 1. The fourth-order valence-electron chi connectivity index (χ4n) is 2.25. The van der Waals surface area contributed by atoms with Crippen LogP contribution in [0.4, 0.5) is 0 Å². The number of aliphatic hydroxyl groups is 1. The molecule has 1 aliphatic carbocycles. The van der Waals surface area contributed by atoms with Gasteiger partial charge < -0.3 is 20.3 Å². The Morgan fingerprint density at radius 1 is 1.58 bits per heavy atom. The fourth-order valence-corrected chi connectivity index (χ4v) is 2.25. The van der Waals surface area contributed by atoms with Crippen molar-refractivity contribution in [1.29, 1.82) is 0 Å². The van der Waals surface area contributed by atoms with Crippen LogP contribution in [0, 0.1) is 12.8 Å². The van der Waals surface area contributed by atoms with E-state index in [9.17, 15) is 9.90 Å². The first-order chi connectivity index (χ1) is 8.47. The van der Waals surface area contributed by atoms with Gasteiger partial charge in [-0.25, -0.2) is 0 Å². The van der Waals surface area contributed by atoms with Crippen LogP contribution in [-0.4, -0.2) is 45.2 Å². The average Bonchev–Trinajstić information content (AvgIpc) is 2.85. The molecule has 7 nitrogen and oxygen atoms in total. The van der Waals surface area contributed by atoms with Gasteiger partial charge >= 0.3 is 0 Å². The number of aliphatic hydroxyl groups excluding tert-OH is 1. The summed E-state index contributed by atoms with van der Waals surface area (Å²) in [6, 6.07) is -0.307. The Hall–Kier alpha value is -1.18. The first kappa shape index (κ1) is 15.9. The molecule has 1 saturated carbocycles. The second-order valence-corrected chi connectivity index (χ2v) is 4.83. The van der Waals surface area contributed by atoms with Crippen LogP contribution in [0.3, 0.4) is 0 Å². The minimum absolute atomic E-state index is 0. The molecule has 19 heavy (non-hydrogen) atoms. The van der Waals surface area contributed by atoms with Crippen molar-refractivity contribution in [3.05, 3.63) is 11.7 Å². The standard InChI is InChI=1S/C11H18N4O3.ClH/c1-6-13-10(18-14-6)5-15(2)11(17)7-3-8(12)9(16)4-7;/h7-9,16H,3-5,12H2,1-2H3;1H/t7-,8+,9+;/m0./s1. The molecule has 0 aromatic carbocycles. The minimum Gasteiger partial charge on any atom is -0.391 e. The zero-order valence-electron chi connectivity index (χ0n) is 10.9. The van der Waals surface area contributed by atoms with Crippen LogP contribution in [0.1, 0.15) is 24.6 Å². The first-order valence-electron chi connectivity index (χ1n) is 5.95. The highest BCUT2D eigenvalue weighted by molar-refractivity contribution is 5.85. The van der Waals surface area contributed by atoms with Crippen molar-refractivity contribution in [2.75, 3.05) is 7.05 Å². The van der Waals surface area contributed by atoms with E-state index in [0.29, 0.717) is 24.6 Å². The second-order valence-electron chi connectivity index (χ2n) is 4.83. The highest BCUT2D eigenvalue weighted by atomic mass is 35.5. The molecule has 0 saturated heterocycles. The van der Waals surface area contributed by atoms with Gasteiger partial charge in [0.25, 0.3) is 0 Å². The number of carbonyl (C=O) groups is 1. The summed E-state index contributed by atoms with van der Waals surface area (Å²) in [5.41, 5.74) is 5.70. The summed E-state index contributed by atoms with van der Waals surface area (Å²) in [7, 11) is 1.68. The highest BCUT2D eigenvalue weighted by Gasteiger charge is 2.36. The Bertz CT molecular complexity index is 429. The quantitative estimate of drug-likeness (QED) is 0.802. The zero-order valence-corrected chi connectivity index (χ0v) is 11.8. The topological polar surface area (TPSA) is 105 Å². The third-order valence-electron chi connectivity index (χ3n) is 3.24. The van der Waals surface area contributed by atoms with Crippen molar-refractivity contribution in [3.63, 3.8) is 0 Å². The van der Waals surface area contributed by atoms with Gasteiger partial charge in [0.15, 0.2) is 5.82 Å². The van der Waals surface area contributed by atoms with Gasteiger partial charge in [0.1, 0.15) is 0 Å². The van der Waals surface area contributed by atoms with Gasteiger partial charge in [-0.2, -0.15) is 4.98 Å². The number of hydrogen-bond donors (Lipinski definition) is 2. The number of hydrogen-bond acceptors (Lipinski definition) is 6. The summed E-state index contributed by atoms with van der Waals surface area (Å²) in [5.74, 6) is 0.692. The Morgan fingerprint density at radius 2 is 2.26 bits per heavy atom. The molecule has 8 heteroatoms. The van der Waals surface area contributed by atoms with Crippen molar-refractivity contribution in [3.8, 4) is 0 Å². The van der Waals surface area contributed by atoms with Gasteiger partial charge in [0.2, 0.25) is 11.8 Å². The molecule has 1 aromatic heterocycles. The van der Waals surface area contributed by atoms with E-state index in [0.717, 1.165) is 0 Å². The molecule has 1 amide bonds. The molecular formula is C11H19ClN4O3. The Labute approximate surface area is 117 Å². The summed E-state index contributed by atoms with van der Waals surface area (Å²) in [4.78, 5) is 17.7. The number of aromatic nitrogens is 2. The number of amides is 1. The molecule has 1 aliphatic rings. The molecule has 0 spiro atoms. The maximum Gasteiger partial charge on any atom is 0.246 e. The average molecular weight is 291 g/mol. The number of nitrogens with two attached hydrogens (primary N) is 1. The molecule has 2 rings (SSSR count). The van der Waals surface area contributed by atoms with E-state index in [4.69, 9.17) is 10.3 Å². The van der Waals surface area contributed by atoms with Crippen LogP contribution >= 0.6 is 12.4 Å². The van der Waals surface area contributed by atoms with E-state index >= 15 is 0 Å². The lowest BCUT2D eigenvalue weighted by molar-refractivity contribution is -0.135. The van der Waals surface area contributed by atoms with Crippen molar-refractivity contribution in [2.45, 2.75) is 38.5 Å². The van der Waals surface area contributed by atoms with Gasteiger partial charge in [-0.05, 0) is 19.8 Å². The van der Waals surface area contributed by atoms with E-state index < -0.39 is 6.10 Å². The smallest absolute Gasteiger partial charge is 0.246 e. The van der Waals surface area contributed by atoms with E-state index in [1.165, 1.54) is 4.90 Å². The van der Waals surface area contributed by atoms with Crippen molar-refractivity contribution in [1.82, 2.24) is 15.0 Å². The van der Waals surface area contributed by atoms with Gasteiger partial charge in [0.05, 0.1) is 12.6 Å². The first-order valence-corrected chi connectivity index (χ1v) is 5.95. The van der Waals surface area contributed by atoms with Crippen LogP contribution in [-0.2, 0) is 11.3 Å². The molecule has 1 fully saturated rings. The molecule has 3 atom stereocenters. The zero-order chi connectivity index (χ0) is 13.3. The van der Waals surface area contributed by atoms with Crippen molar-refractivity contribution < 1.29 is 14.4 Å². The van der Waals surface area contributed by atoms with E-state index in [1.807, 2.05) is 0 Å².